The van der Waals surface area contributed by atoms with Gasteiger partial charge in [-0.2, -0.15) is 0 Å². The average molecular weight is 430 g/mol. The van der Waals surface area contributed by atoms with Gasteiger partial charge in [0.25, 0.3) is 5.91 Å². The maximum atomic E-state index is 12.2. The molecule has 5 nitrogen and oxygen atoms in total. The van der Waals surface area contributed by atoms with Crippen LogP contribution in [0.2, 0.25) is 0 Å². The normalized spacial score (nSPS) is 11.0. The van der Waals surface area contributed by atoms with Crippen molar-refractivity contribution in [3.05, 3.63) is 57.7 Å². The van der Waals surface area contributed by atoms with E-state index in [2.05, 4.69) is 27.9 Å². The molecule has 2 aromatic rings. The van der Waals surface area contributed by atoms with E-state index < -0.39 is 10.0 Å². The highest BCUT2D eigenvalue weighted by molar-refractivity contribution is 14.1. The van der Waals surface area contributed by atoms with E-state index in [0.717, 1.165) is 14.1 Å². The molecular formula is C15H15IN2O3S. The second kappa shape index (κ2) is 6.66. The molecule has 2 rings (SSSR count). The van der Waals surface area contributed by atoms with Crippen molar-refractivity contribution in [1.29, 1.82) is 0 Å². The maximum absolute atomic E-state index is 12.2. The molecule has 0 aromatic heterocycles. The van der Waals surface area contributed by atoms with Gasteiger partial charge in [-0.25, -0.2) is 8.42 Å². The highest BCUT2D eigenvalue weighted by atomic mass is 127. The van der Waals surface area contributed by atoms with Crippen LogP contribution in [0.3, 0.4) is 0 Å². The number of nitrogens with one attached hydrogen (secondary N) is 1. The Morgan fingerprint density at radius 2 is 1.82 bits per heavy atom. The van der Waals surface area contributed by atoms with E-state index in [1.807, 2.05) is 12.1 Å². The molecule has 1 amide bonds. The number of amides is 1. The summed E-state index contributed by atoms with van der Waals surface area (Å²) in [6.07, 6.45) is 1.13. The van der Waals surface area contributed by atoms with Crippen molar-refractivity contribution in [3.63, 3.8) is 0 Å². The summed E-state index contributed by atoms with van der Waals surface area (Å²) in [5, 5.41) is 2.77. The monoisotopic (exact) mass is 430 g/mol. The average Bonchev–Trinajstić information content (AvgIpc) is 2.45. The predicted molar refractivity (Wildman–Crippen MR) is 96.8 cm³/mol. The van der Waals surface area contributed by atoms with Crippen LogP contribution in [0, 0.1) is 3.57 Å². The predicted octanol–water partition coefficient (Wildman–Crippen LogP) is 2.94. The van der Waals surface area contributed by atoms with E-state index in [4.69, 9.17) is 0 Å². The van der Waals surface area contributed by atoms with E-state index in [1.165, 1.54) is 7.05 Å². The number of hydrogen-bond acceptors (Lipinski definition) is 3. The Bertz CT molecular complexity index is 806. The van der Waals surface area contributed by atoms with Crippen LogP contribution in [-0.2, 0) is 10.0 Å². The van der Waals surface area contributed by atoms with E-state index >= 15 is 0 Å². The van der Waals surface area contributed by atoms with Gasteiger partial charge in [-0.1, -0.05) is 12.1 Å². The SMILES string of the molecule is CN(c1cccc(NC(=O)c2cccc(I)c2)c1)S(C)(=O)=O. The lowest BCUT2D eigenvalue weighted by atomic mass is 10.2. The standard InChI is InChI=1S/C15H15IN2O3S/c1-18(22(2,20)21)14-8-4-7-13(10-14)17-15(19)11-5-3-6-12(16)9-11/h3-10H,1-2H3,(H,17,19). The van der Waals surface area contributed by atoms with Crippen LogP contribution in [0.5, 0.6) is 0 Å². The molecule has 7 heteroatoms. The number of sulfonamides is 1. The number of rotatable bonds is 4. The summed E-state index contributed by atoms with van der Waals surface area (Å²) in [5.41, 5.74) is 1.58. The molecule has 1 N–H and O–H groups in total. The molecule has 2 aromatic carbocycles. The minimum absolute atomic E-state index is 0.238. The summed E-state index contributed by atoms with van der Waals surface area (Å²) < 4.78 is 25.3. The molecule has 0 atom stereocenters. The molecular weight excluding hydrogens is 415 g/mol. The van der Waals surface area contributed by atoms with Crippen molar-refractivity contribution in [2.75, 3.05) is 22.9 Å². The lowest BCUT2D eigenvalue weighted by molar-refractivity contribution is 0.102. The summed E-state index contributed by atoms with van der Waals surface area (Å²) in [4.78, 5) is 12.2. The quantitative estimate of drug-likeness (QED) is 0.759. The largest absolute Gasteiger partial charge is 0.322 e. The lowest BCUT2D eigenvalue weighted by Gasteiger charge is -2.17. The van der Waals surface area contributed by atoms with Gasteiger partial charge in [0.1, 0.15) is 0 Å². The summed E-state index contributed by atoms with van der Waals surface area (Å²) in [6, 6.07) is 13.9. The zero-order valence-electron chi connectivity index (χ0n) is 12.1. The summed E-state index contributed by atoms with van der Waals surface area (Å²) in [6.45, 7) is 0. The van der Waals surface area contributed by atoms with Gasteiger partial charge < -0.3 is 5.32 Å². The van der Waals surface area contributed by atoms with Gasteiger partial charge in [0.15, 0.2) is 0 Å². The lowest BCUT2D eigenvalue weighted by Crippen LogP contribution is -2.24. The van der Waals surface area contributed by atoms with Crippen LogP contribution in [0.25, 0.3) is 0 Å². The highest BCUT2D eigenvalue weighted by Crippen LogP contribution is 2.21. The minimum Gasteiger partial charge on any atom is -0.322 e. The third-order valence-corrected chi connectivity index (χ3v) is 4.93. The van der Waals surface area contributed by atoms with Crippen molar-refractivity contribution in [2.45, 2.75) is 0 Å². The van der Waals surface area contributed by atoms with Crippen LogP contribution in [-0.4, -0.2) is 27.6 Å². The van der Waals surface area contributed by atoms with E-state index in [1.54, 1.807) is 36.4 Å². The fourth-order valence-corrected chi connectivity index (χ4v) is 2.84. The number of benzene rings is 2. The zero-order chi connectivity index (χ0) is 16.3. The maximum Gasteiger partial charge on any atom is 0.255 e. The topological polar surface area (TPSA) is 66.5 Å². The molecule has 0 bridgehead atoms. The Balaban J connectivity index is 2.22. The molecule has 0 unspecified atom stereocenters. The number of carbonyl (C=O) groups excluding carboxylic acids is 1. The number of carbonyl (C=O) groups is 1. The molecule has 0 fully saturated rings. The molecule has 0 saturated heterocycles. The molecule has 0 saturated carbocycles. The second-order valence-electron chi connectivity index (χ2n) is 4.75. The van der Waals surface area contributed by atoms with Gasteiger partial charge in [0.2, 0.25) is 10.0 Å². The molecule has 0 aliphatic rings. The van der Waals surface area contributed by atoms with E-state index in [-0.39, 0.29) is 5.91 Å². The molecule has 116 valence electrons. The fraction of sp³-hybridized carbons (Fsp3) is 0.133. The first-order valence-corrected chi connectivity index (χ1v) is 9.31. The van der Waals surface area contributed by atoms with Gasteiger partial charge in [0.05, 0.1) is 11.9 Å². The highest BCUT2D eigenvalue weighted by Gasteiger charge is 2.13. The first kappa shape index (κ1) is 16.8. The van der Waals surface area contributed by atoms with Crippen LogP contribution in [0.1, 0.15) is 10.4 Å². The smallest absolute Gasteiger partial charge is 0.255 e. The number of nitrogens with zero attached hydrogens (tertiary/aromatic N) is 1. The minimum atomic E-state index is -3.34. The molecule has 0 spiro atoms. The fourth-order valence-electron chi connectivity index (χ4n) is 1.80. The van der Waals surface area contributed by atoms with Crippen molar-refractivity contribution in [1.82, 2.24) is 0 Å². The Labute approximate surface area is 143 Å². The third-order valence-electron chi connectivity index (χ3n) is 3.05. The molecule has 22 heavy (non-hydrogen) atoms. The van der Waals surface area contributed by atoms with Crippen molar-refractivity contribution < 1.29 is 13.2 Å². The third kappa shape index (κ3) is 4.20. The van der Waals surface area contributed by atoms with Gasteiger partial charge >= 0.3 is 0 Å². The first-order chi connectivity index (χ1) is 10.3. The van der Waals surface area contributed by atoms with Gasteiger partial charge in [-0.05, 0) is 59.0 Å². The summed E-state index contributed by atoms with van der Waals surface area (Å²) >= 11 is 2.14. The van der Waals surface area contributed by atoms with Crippen molar-refractivity contribution >= 4 is 49.9 Å². The van der Waals surface area contributed by atoms with Gasteiger partial charge in [-0.3, -0.25) is 9.10 Å². The van der Waals surface area contributed by atoms with E-state index in [9.17, 15) is 13.2 Å². The van der Waals surface area contributed by atoms with Crippen LogP contribution >= 0.6 is 22.6 Å². The molecule has 0 heterocycles. The van der Waals surface area contributed by atoms with Gasteiger partial charge in [-0.15, -0.1) is 0 Å². The first-order valence-electron chi connectivity index (χ1n) is 6.38. The summed E-state index contributed by atoms with van der Waals surface area (Å²) in [7, 11) is -1.87. The molecule has 0 aliphatic heterocycles. The molecule has 0 aliphatic carbocycles. The Morgan fingerprint density at radius 3 is 2.45 bits per heavy atom. The van der Waals surface area contributed by atoms with Crippen LogP contribution in [0.15, 0.2) is 48.5 Å². The van der Waals surface area contributed by atoms with Crippen molar-refractivity contribution in [3.8, 4) is 0 Å². The Morgan fingerprint density at radius 1 is 1.14 bits per heavy atom. The molecule has 0 radical (unpaired) electrons. The number of hydrogen-bond donors (Lipinski definition) is 1. The van der Waals surface area contributed by atoms with Gasteiger partial charge in [0, 0.05) is 21.9 Å². The van der Waals surface area contributed by atoms with Crippen molar-refractivity contribution in [2.24, 2.45) is 0 Å². The second-order valence-corrected chi connectivity index (χ2v) is 8.00. The van der Waals surface area contributed by atoms with Crippen LogP contribution < -0.4 is 9.62 Å². The Hall–Kier alpha value is -1.61. The number of halogens is 1. The van der Waals surface area contributed by atoms with Crippen LogP contribution in [0.4, 0.5) is 11.4 Å². The Kier molecular flexibility index (Phi) is 5.07. The summed E-state index contributed by atoms with van der Waals surface area (Å²) in [5.74, 6) is -0.238. The zero-order valence-corrected chi connectivity index (χ0v) is 15.1. The number of anilines is 2. The van der Waals surface area contributed by atoms with E-state index in [0.29, 0.717) is 16.9 Å².